The van der Waals surface area contributed by atoms with Crippen LogP contribution in [-0.4, -0.2) is 36.2 Å². The minimum absolute atomic E-state index is 0.0603. The van der Waals surface area contributed by atoms with Gasteiger partial charge >= 0.3 is 0 Å². The van der Waals surface area contributed by atoms with Gasteiger partial charge in [-0.15, -0.1) is 0 Å². The Kier molecular flexibility index (Phi) is 5.77. The third-order valence-electron chi connectivity index (χ3n) is 7.62. The van der Waals surface area contributed by atoms with Crippen LogP contribution in [0.1, 0.15) is 25.7 Å². The van der Waals surface area contributed by atoms with Crippen LogP contribution in [0.25, 0.3) is 55.4 Å². The van der Waals surface area contributed by atoms with Gasteiger partial charge in [0.1, 0.15) is 17.3 Å². The minimum atomic E-state index is -0.523. The number of pyridine rings is 2. The number of hydrogen-bond donors (Lipinski definition) is 4. The average Bonchev–Trinajstić information content (AvgIpc) is 3.71. The van der Waals surface area contributed by atoms with E-state index in [1.54, 1.807) is 24.8 Å². The predicted octanol–water partition coefficient (Wildman–Crippen LogP) is 6.81. The highest BCUT2D eigenvalue weighted by Crippen LogP contribution is 2.36. The van der Waals surface area contributed by atoms with Crippen molar-refractivity contribution in [2.45, 2.75) is 25.7 Å². The molecule has 198 valence electrons. The highest BCUT2D eigenvalue weighted by molar-refractivity contribution is 6.01. The van der Waals surface area contributed by atoms with E-state index in [1.165, 1.54) is 12.1 Å². The van der Waals surface area contributed by atoms with E-state index >= 15 is 0 Å². The Balaban J connectivity index is 1.25. The Hall–Kier alpha value is -5.05. The van der Waals surface area contributed by atoms with Gasteiger partial charge in [0, 0.05) is 46.3 Å². The molecule has 1 saturated carbocycles. The predicted molar refractivity (Wildman–Crippen MR) is 152 cm³/mol. The van der Waals surface area contributed by atoms with Gasteiger partial charge < -0.3 is 15.4 Å². The van der Waals surface area contributed by atoms with Crippen molar-refractivity contribution in [2.24, 2.45) is 5.92 Å². The topological polar surface area (TPSA) is 120 Å². The number of carbonyl (C=O) groups excluding carboxylic acids is 1. The second-order valence-corrected chi connectivity index (χ2v) is 10.3. The van der Waals surface area contributed by atoms with Gasteiger partial charge in [-0.3, -0.25) is 19.9 Å². The fourth-order valence-electron chi connectivity index (χ4n) is 5.64. The molecule has 4 N–H and O–H groups in total. The van der Waals surface area contributed by atoms with Gasteiger partial charge in [-0.2, -0.15) is 5.10 Å². The molecule has 1 fully saturated rings. The first-order chi connectivity index (χ1) is 19.5. The first-order valence-corrected chi connectivity index (χ1v) is 13.2. The maximum Gasteiger partial charge on any atom is 0.227 e. The Bertz CT molecular complexity index is 1880. The fourth-order valence-corrected chi connectivity index (χ4v) is 5.64. The first kappa shape index (κ1) is 24.0. The molecule has 4 aromatic heterocycles. The van der Waals surface area contributed by atoms with E-state index in [9.17, 15) is 14.3 Å². The molecule has 0 atom stereocenters. The Morgan fingerprint density at radius 2 is 1.73 bits per heavy atom. The fraction of sp³-hybridized carbons (Fsp3) is 0.161. The number of rotatable bonds is 5. The molecule has 1 aliphatic carbocycles. The largest absolute Gasteiger partial charge is 0.508 e. The standard InChI is InChI=1S/C31H25FN6O2/c32-21-7-19(9-23(39)11-21)26-15-34-16-29-24(26)12-28(36-29)30-25-10-18(5-6-27(25)37-38-30)20-8-22(14-33-13-20)35-31(40)17-3-1-2-4-17/h5-17,36,39H,1-4H2,(H,35,40)(H,37,38). The zero-order valence-electron chi connectivity index (χ0n) is 21.4. The molecule has 9 heteroatoms. The lowest BCUT2D eigenvalue weighted by Crippen LogP contribution is -2.20. The maximum atomic E-state index is 14.0. The summed E-state index contributed by atoms with van der Waals surface area (Å²) in [5.41, 5.74) is 6.84. The number of halogens is 1. The lowest BCUT2D eigenvalue weighted by atomic mass is 10.0. The molecule has 2 aromatic carbocycles. The van der Waals surface area contributed by atoms with Crippen molar-refractivity contribution in [1.29, 1.82) is 0 Å². The van der Waals surface area contributed by atoms with Crippen LogP contribution in [0.15, 0.2) is 73.3 Å². The number of amides is 1. The summed E-state index contributed by atoms with van der Waals surface area (Å²) in [5.74, 6) is -0.534. The molecule has 7 rings (SSSR count). The molecule has 0 spiro atoms. The van der Waals surface area contributed by atoms with Crippen molar-refractivity contribution in [3.63, 3.8) is 0 Å². The van der Waals surface area contributed by atoms with Gasteiger partial charge in [-0.25, -0.2) is 4.39 Å². The van der Waals surface area contributed by atoms with Crippen LogP contribution in [-0.2, 0) is 4.79 Å². The number of H-pyrrole nitrogens is 2. The van der Waals surface area contributed by atoms with E-state index in [2.05, 4.69) is 30.5 Å². The van der Waals surface area contributed by atoms with Crippen molar-refractivity contribution >= 4 is 33.4 Å². The third kappa shape index (κ3) is 4.35. The molecule has 1 aliphatic rings. The number of fused-ring (bicyclic) bond motifs is 2. The zero-order chi connectivity index (χ0) is 27.2. The van der Waals surface area contributed by atoms with E-state index in [0.29, 0.717) is 16.8 Å². The summed E-state index contributed by atoms with van der Waals surface area (Å²) in [6.45, 7) is 0. The molecule has 0 saturated heterocycles. The molecule has 0 aliphatic heterocycles. The van der Waals surface area contributed by atoms with Gasteiger partial charge in [0.25, 0.3) is 0 Å². The Morgan fingerprint density at radius 1 is 0.875 bits per heavy atom. The number of aromatic nitrogens is 5. The minimum Gasteiger partial charge on any atom is -0.508 e. The van der Waals surface area contributed by atoms with Crippen LogP contribution in [0, 0.1) is 11.7 Å². The average molecular weight is 533 g/mol. The number of phenols is 1. The summed E-state index contributed by atoms with van der Waals surface area (Å²) in [7, 11) is 0. The van der Waals surface area contributed by atoms with Crippen molar-refractivity contribution in [2.75, 3.05) is 5.32 Å². The number of aromatic amines is 2. The second-order valence-electron chi connectivity index (χ2n) is 10.3. The van der Waals surface area contributed by atoms with Crippen LogP contribution in [0.2, 0.25) is 0 Å². The maximum absolute atomic E-state index is 14.0. The molecule has 0 unspecified atom stereocenters. The molecular weight excluding hydrogens is 507 g/mol. The van der Waals surface area contributed by atoms with E-state index in [4.69, 9.17) is 0 Å². The van der Waals surface area contributed by atoms with E-state index in [-0.39, 0.29) is 17.6 Å². The molecular formula is C31H25FN6O2. The molecule has 4 heterocycles. The van der Waals surface area contributed by atoms with E-state index < -0.39 is 5.82 Å². The molecule has 6 aromatic rings. The molecule has 0 radical (unpaired) electrons. The molecule has 0 bridgehead atoms. The molecule has 1 amide bonds. The van der Waals surface area contributed by atoms with Crippen molar-refractivity contribution < 1.29 is 14.3 Å². The summed E-state index contributed by atoms with van der Waals surface area (Å²) in [5, 5.41) is 22.4. The number of nitrogens with one attached hydrogen (secondary N) is 3. The summed E-state index contributed by atoms with van der Waals surface area (Å²) in [4.78, 5) is 24.7. The van der Waals surface area contributed by atoms with Crippen LogP contribution in [0.5, 0.6) is 5.75 Å². The van der Waals surface area contributed by atoms with E-state index in [1.807, 2.05) is 30.3 Å². The van der Waals surface area contributed by atoms with Gasteiger partial charge in [0.15, 0.2) is 0 Å². The van der Waals surface area contributed by atoms with Gasteiger partial charge in [-0.1, -0.05) is 18.9 Å². The van der Waals surface area contributed by atoms with Crippen LogP contribution in [0.4, 0.5) is 10.1 Å². The van der Waals surface area contributed by atoms with Gasteiger partial charge in [-0.05, 0) is 60.4 Å². The number of carbonyl (C=O) groups is 1. The normalized spacial score (nSPS) is 13.8. The first-order valence-electron chi connectivity index (χ1n) is 13.2. The van der Waals surface area contributed by atoms with Gasteiger partial charge in [0.2, 0.25) is 5.91 Å². The lowest BCUT2D eigenvalue weighted by molar-refractivity contribution is -0.119. The SMILES string of the molecule is O=C(Nc1cncc(-c2ccc3[nH]nc(-c4cc5c(-c6cc(O)cc(F)c6)cncc5[nH]4)c3c2)c1)C1CCCC1. The zero-order valence-corrected chi connectivity index (χ0v) is 21.4. The third-order valence-corrected chi connectivity index (χ3v) is 7.62. The van der Waals surface area contributed by atoms with Crippen LogP contribution < -0.4 is 5.32 Å². The monoisotopic (exact) mass is 532 g/mol. The molecule has 40 heavy (non-hydrogen) atoms. The van der Waals surface area contributed by atoms with Crippen molar-refractivity contribution in [3.05, 3.63) is 79.1 Å². The van der Waals surface area contributed by atoms with Crippen LogP contribution in [0.3, 0.4) is 0 Å². The van der Waals surface area contributed by atoms with Crippen molar-refractivity contribution in [3.8, 4) is 39.4 Å². The number of nitrogens with zero attached hydrogens (tertiary/aromatic N) is 3. The number of anilines is 1. The Labute approximate surface area is 228 Å². The molecule has 8 nitrogen and oxygen atoms in total. The summed E-state index contributed by atoms with van der Waals surface area (Å²) in [6, 6.07) is 13.9. The number of phenolic OH excluding ortho intramolecular Hbond substituents is 1. The second kappa shape index (κ2) is 9.60. The number of benzene rings is 2. The smallest absolute Gasteiger partial charge is 0.227 e. The summed E-state index contributed by atoms with van der Waals surface area (Å²) >= 11 is 0. The summed E-state index contributed by atoms with van der Waals surface area (Å²) < 4.78 is 14.0. The quantitative estimate of drug-likeness (QED) is 0.194. The number of aromatic hydroxyl groups is 1. The Morgan fingerprint density at radius 3 is 2.58 bits per heavy atom. The van der Waals surface area contributed by atoms with Crippen LogP contribution >= 0.6 is 0 Å². The highest BCUT2D eigenvalue weighted by atomic mass is 19.1. The highest BCUT2D eigenvalue weighted by Gasteiger charge is 2.23. The van der Waals surface area contributed by atoms with Gasteiger partial charge in [0.05, 0.1) is 34.8 Å². The van der Waals surface area contributed by atoms with E-state index in [0.717, 1.165) is 76.1 Å². The van der Waals surface area contributed by atoms with Crippen molar-refractivity contribution in [1.82, 2.24) is 25.1 Å². The number of hydrogen-bond acceptors (Lipinski definition) is 5. The summed E-state index contributed by atoms with van der Waals surface area (Å²) in [6.07, 6.45) is 10.9. The lowest BCUT2D eigenvalue weighted by Gasteiger charge is -2.11.